The number of carbonyl (C=O) groups is 1. The Balaban J connectivity index is 1.78. The number of nitrogens with zero attached hydrogens (tertiary/aromatic N) is 5. The SMILES string of the molecule is CC[C@@H]1C[C@H](Nc2ncc(N(C)C)c(Cc3cc(C(F)(F)F)cc(C(F)(F)F)c3)n2)c2nc(C(F)(F)F)ccc2N1C(=O)O. The molecule has 1 aromatic carbocycles. The fourth-order valence-electron chi connectivity index (χ4n) is 4.96. The number of hydrogen-bond acceptors (Lipinski definition) is 6. The molecule has 0 radical (unpaired) electrons. The number of benzene rings is 1. The predicted molar refractivity (Wildman–Crippen MR) is 140 cm³/mol. The van der Waals surface area contributed by atoms with Crippen LogP contribution < -0.4 is 15.1 Å². The van der Waals surface area contributed by atoms with Crippen molar-refractivity contribution in [3.8, 4) is 0 Å². The standard InChI is InChI=1S/C27H25F9N6O2/c1-4-16-11-18(22-19(42(16)24(43)44)5-6-21(40-22)27(34,35)36)39-23-37-12-20(41(2)3)17(38-23)9-13-7-14(25(28,29)30)10-15(8-13)26(31,32)33/h5-8,10,12,16,18H,4,9,11H2,1-3H3,(H,43,44)(H,37,38,39)/t16-,18+/m1/s1. The zero-order valence-corrected chi connectivity index (χ0v) is 23.2. The van der Waals surface area contributed by atoms with Gasteiger partial charge in [0, 0.05) is 26.6 Å². The van der Waals surface area contributed by atoms with Crippen molar-refractivity contribution in [2.75, 3.05) is 29.2 Å². The maximum absolute atomic E-state index is 13.5. The van der Waals surface area contributed by atoms with E-state index in [1.807, 2.05) is 0 Å². The molecule has 0 unspecified atom stereocenters. The van der Waals surface area contributed by atoms with Gasteiger partial charge in [-0.2, -0.15) is 39.5 Å². The summed E-state index contributed by atoms with van der Waals surface area (Å²) in [6.07, 6.45) is -15.3. The van der Waals surface area contributed by atoms with E-state index >= 15 is 0 Å². The van der Waals surface area contributed by atoms with E-state index < -0.39 is 59.9 Å². The summed E-state index contributed by atoms with van der Waals surface area (Å²) >= 11 is 0. The third-order valence-electron chi connectivity index (χ3n) is 6.98. The predicted octanol–water partition coefficient (Wildman–Crippen LogP) is 7.40. The van der Waals surface area contributed by atoms with E-state index in [4.69, 9.17) is 0 Å². The minimum atomic E-state index is -5.06. The smallest absolute Gasteiger partial charge is 0.433 e. The third kappa shape index (κ3) is 6.91. The molecule has 0 saturated carbocycles. The van der Waals surface area contributed by atoms with Gasteiger partial charge < -0.3 is 15.3 Å². The van der Waals surface area contributed by atoms with E-state index in [0.717, 1.165) is 11.0 Å². The first-order valence-corrected chi connectivity index (χ1v) is 13.0. The molecule has 1 aliphatic heterocycles. The molecule has 3 aromatic rings. The van der Waals surface area contributed by atoms with E-state index in [1.165, 1.54) is 11.1 Å². The van der Waals surface area contributed by atoms with Crippen molar-refractivity contribution in [2.24, 2.45) is 0 Å². The van der Waals surface area contributed by atoms with Crippen LogP contribution in [0.1, 0.15) is 59.6 Å². The number of alkyl halides is 9. The Morgan fingerprint density at radius 3 is 2.09 bits per heavy atom. The molecule has 0 fully saturated rings. The summed E-state index contributed by atoms with van der Waals surface area (Å²) in [5.74, 6) is -0.206. The van der Waals surface area contributed by atoms with Crippen LogP contribution in [0.4, 0.5) is 61.6 Å². The Hall–Kier alpha value is -4.31. The maximum Gasteiger partial charge on any atom is 0.433 e. The first kappa shape index (κ1) is 32.6. The molecule has 0 bridgehead atoms. The number of halogens is 9. The molecular formula is C27H25F9N6O2. The molecule has 238 valence electrons. The Morgan fingerprint density at radius 2 is 1.59 bits per heavy atom. The number of rotatable bonds is 6. The van der Waals surface area contributed by atoms with Gasteiger partial charge in [-0.25, -0.2) is 19.7 Å². The Labute approximate surface area is 244 Å². The van der Waals surface area contributed by atoms with Crippen molar-refractivity contribution in [1.29, 1.82) is 0 Å². The minimum Gasteiger partial charge on any atom is -0.465 e. The molecular weight excluding hydrogens is 611 g/mol. The lowest BCUT2D eigenvalue weighted by Gasteiger charge is -2.38. The average molecular weight is 637 g/mol. The van der Waals surface area contributed by atoms with Gasteiger partial charge in [-0.1, -0.05) is 6.92 Å². The fourth-order valence-corrected chi connectivity index (χ4v) is 4.96. The lowest BCUT2D eigenvalue weighted by Crippen LogP contribution is -2.45. The van der Waals surface area contributed by atoms with Crippen LogP contribution in [0.3, 0.4) is 0 Å². The summed E-state index contributed by atoms with van der Waals surface area (Å²) in [7, 11) is 3.10. The van der Waals surface area contributed by atoms with E-state index in [0.29, 0.717) is 18.2 Å². The second-order valence-electron chi connectivity index (χ2n) is 10.3. The van der Waals surface area contributed by atoms with Crippen LogP contribution in [0.5, 0.6) is 0 Å². The molecule has 8 nitrogen and oxygen atoms in total. The molecule has 0 spiro atoms. The zero-order chi connectivity index (χ0) is 32.8. The first-order valence-electron chi connectivity index (χ1n) is 13.0. The molecule has 0 saturated heterocycles. The van der Waals surface area contributed by atoms with Crippen LogP contribution in [-0.4, -0.2) is 46.3 Å². The highest BCUT2D eigenvalue weighted by Crippen LogP contribution is 2.41. The van der Waals surface area contributed by atoms with Crippen LogP contribution in [0.25, 0.3) is 0 Å². The number of hydrogen-bond donors (Lipinski definition) is 2. The Kier molecular flexibility index (Phi) is 8.63. The van der Waals surface area contributed by atoms with Gasteiger partial charge >= 0.3 is 24.6 Å². The van der Waals surface area contributed by atoms with Gasteiger partial charge in [0.1, 0.15) is 5.69 Å². The van der Waals surface area contributed by atoms with Crippen LogP contribution in [0.2, 0.25) is 0 Å². The number of anilines is 3. The second-order valence-corrected chi connectivity index (χ2v) is 10.3. The van der Waals surface area contributed by atoms with Gasteiger partial charge in [0.15, 0.2) is 0 Å². The van der Waals surface area contributed by atoms with Crippen molar-refractivity contribution in [2.45, 2.75) is 56.8 Å². The molecule has 2 aromatic heterocycles. The molecule has 1 aliphatic rings. The van der Waals surface area contributed by atoms with Crippen LogP contribution in [0, 0.1) is 0 Å². The number of carboxylic acid groups (broad SMARTS) is 1. The maximum atomic E-state index is 13.5. The van der Waals surface area contributed by atoms with Crippen molar-refractivity contribution >= 4 is 23.4 Å². The highest BCUT2D eigenvalue weighted by molar-refractivity contribution is 5.88. The monoisotopic (exact) mass is 636 g/mol. The minimum absolute atomic E-state index is 0.0105. The third-order valence-corrected chi connectivity index (χ3v) is 6.98. The van der Waals surface area contributed by atoms with Gasteiger partial charge in [-0.3, -0.25) is 4.90 Å². The summed E-state index contributed by atoms with van der Waals surface area (Å²) in [5, 5.41) is 12.6. The van der Waals surface area contributed by atoms with Crippen molar-refractivity contribution < 1.29 is 49.4 Å². The fraction of sp³-hybridized carbons (Fsp3) is 0.407. The summed E-state index contributed by atoms with van der Waals surface area (Å²) in [5.41, 5.74) is -4.67. The number of pyridine rings is 1. The van der Waals surface area contributed by atoms with Crippen LogP contribution >= 0.6 is 0 Å². The summed E-state index contributed by atoms with van der Waals surface area (Å²) < 4.78 is 121. The second kappa shape index (κ2) is 11.6. The molecule has 2 atom stereocenters. The Morgan fingerprint density at radius 1 is 0.977 bits per heavy atom. The highest BCUT2D eigenvalue weighted by Gasteiger charge is 2.41. The average Bonchev–Trinajstić information content (AvgIpc) is 2.90. The first-order chi connectivity index (χ1) is 20.3. The van der Waals surface area contributed by atoms with Crippen molar-refractivity contribution in [3.63, 3.8) is 0 Å². The summed E-state index contributed by atoms with van der Waals surface area (Å²) in [4.78, 5) is 26.6. The molecule has 3 heterocycles. The lowest BCUT2D eigenvalue weighted by molar-refractivity contribution is -0.143. The number of nitrogens with one attached hydrogen (secondary N) is 1. The molecule has 1 amide bonds. The molecule has 17 heteroatoms. The topological polar surface area (TPSA) is 94.5 Å². The lowest BCUT2D eigenvalue weighted by atomic mass is 9.93. The largest absolute Gasteiger partial charge is 0.465 e. The number of fused-ring (bicyclic) bond motifs is 1. The van der Waals surface area contributed by atoms with Gasteiger partial charge in [0.25, 0.3) is 0 Å². The van der Waals surface area contributed by atoms with E-state index in [-0.39, 0.29) is 53.2 Å². The van der Waals surface area contributed by atoms with E-state index in [9.17, 15) is 49.4 Å². The highest BCUT2D eigenvalue weighted by atomic mass is 19.4. The Bertz CT molecular complexity index is 1510. The number of amides is 1. The van der Waals surface area contributed by atoms with Gasteiger partial charge in [0.05, 0.1) is 46.1 Å². The van der Waals surface area contributed by atoms with Crippen molar-refractivity contribution in [1.82, 2.24) is 15.0 Å². The van der Waals surface area contributed by atoms with Crippen LogP contribution in [0.15, 0.2) is 36.5 Å². The summed E-state index contributed by atoms with van der Waals surface area (Å²) in [6.45, 7) is 1.69. The zero-order valence-electron chi connectivity index (χ0n) is 23.2. The van der Waals surface area contributed by atoms with Gasteiger partial charge in [-0.05, 0) is 48.7 Å². The molecule has 4 rings (SSSR count). The molecule has 0 aliphatic carbocycles. The van der Waals surface area contributed by atoms with Crippen molar-refractivity contribution in [3.05, 3.63) is 70.3 Å². The van der Waals surface area contributed by atoms with E-state index in [2.05, 4.69) is 20.3 Å². The number of aromatic nitrogens is 3. The normalized spacial score (nSPS) is 17.3. The molecule has 44 heavy (non-hydrogen) atoms. The van der Waals surface area contributed by atoms with Gasteiger partial charge in [-0.15, -0.1) is 0 Å². The summed E-state index contributed by atoms with van der Waals surface area (Å²) in [6, 6.07) is 1.12. The van der Waals surface area contributed by atoms with Gasteiger partial charge in [0.2, 0.25) is 5.95 Å². The van der Waals surface area contributed by atoms with E-state index in [1.54, 1.807) is 21.0 Å². The molecule has 2 N–H and O–H groups in total. The quantitative estimate of drug-likeness (QED) is 0.272. The van der Waals surface area contributed by atoms with Crippen LogP contribution in [-0.2, 0) is 24.9 Å².